The Morgan fingerprint density at radius 3 is 3.31 bits per heavy atom. The van der Waals surface area contributed by atoms with Gasteiger partial charge in [-0.3, -0.25) is 0 Å². The van der Waals surface area contributed by atoms with Crippen LogP contribution in [0.5, 0.6) is 0 Å². The number of rotatable bonds is 0. The summed E-state index contributed by atoms with van der Waals surface area (Å²) < 4.78 is 5.10. The fraction of sp³-hybridized carbons (Fsp3) is 0.111. The molecule has 1 N–H and O–H groups in total. The van der Waals surface area contributed by atoms with Crippen molar-refractivity contribution in [1.82, 2.24) is 15.1 Å². The van der Waals surface area contributed by atoms with E-state index in [1.165, 1.54) is 0 Å². The molecule has 0 aliphatic carbocycles. The molecule has 0 unspecified atom stereocenters. The molecule has 0 spiro atoms. The summed E-state index contributed by atoms with van der Waals surface area (Å²) in [6.45, 7) is 1.93. The third-order valence-electron chi connectivity index (χ3n) is 2.19. The molecule has 0 saturated heterocycles. The van der Waals surface area contributed by atoms with Gasteiger partial charge in [-0.05, 0) is 13.0 Å². The van der Waals surface area contributed by atoms with Crippen LogP contribution in [0.1, 0.15) is 5.69 Å². The Bertz CT molecular complexity index is 579. The second-order valence-electron chi connectivity index (χ2n) is 3.01. The first-order valence-electron chi connectivity index (χ1n) is 4.04. The van der Waals surface area contributed by atoms with Crippen molar-refractivity contribution >= 4 is 22.0 Å². The lowest BCUT2D eigenvalue weighted by molar-refractivity contribution is 0.449. The monoisotopic (exact) mass is 173 g/mol. The number of nitrogens with zero attached hydrogens (tertiary/aromatic N) is 2. The Hall–Kier alpha value is -1.84. The molecule has 13 heavy (non-hydrogen) atoms. The van der Waals surface area contributed by atoms with Crippen molar-refractivity contribution in [3.8, 4) is 0 Å². The molecule has 4 nitrogen and oxygen atoms in total. The van der Waals surface area contributed by atoms with Gasteiger partial charge in [0.1, 0.15) is 5.65 Å². The molecule has 3 aromatic heterocycles. The predicted molar refractivity (Wildman–Crippen MR) is 48.4 cm³/mol. The number of aryl methyl sites for hydroxylation is 1. The van der Waals surface area contributed by atoms with Crippen molar-refractivity contribution in [2.45, 2.75) is 6.92 Å². The summed E-state index contributed by atoms with van der Waals surface area (Å²) in [7, 11) is 0. The molecule has 3 rings (SSSR count). The molecule has 0 aromatic carbocycles. The second-order valence-corrected chi connectivity index (χ2v) is 3.01. The number of hydrogen-bond donors (Lipinski definition) is 1. The van der Waals surface area contributed by atoms with Crippen LogP contribution in [-0.4, -0.2) is 15.1 Å². The summed E-state index contributed by atoms with van der Waals surface area (Å²) in [6.07, 6.45) is 3.55. The molecule has 0 saturated carbocycles. The minimum absolute atomic E-state index is 0.740. The topological polar surface area (TPSA) is 54.7 Å². The molecule has 0 bridgehead atoms. The number of H-pyrrole nitrogens is 1. The average molecular weight is 173 g/mol. The summed E-state index contributed by atoms with van der Waals surface area (Å²) in [5, 5.41) is 6.01. The SMILES string of the molecule is Cc1noc2cnc3[nH]ccc3c12. The van der Waals surface area contributed by atoms with Crippen LogP contribution in [-0.2, 0) is 0 Å². The minimum atomic E-state index is 0.740. The van der Waals surface area contributed by atoms with Crippen LogP contribution in [0, 0.1) is 6.92 Å². The Kier molecular flexibility index (Phi) is 1.07. The first-order chi connectivity index (χ1) is 6.36. The van der Waals surface area contributed by atoms with Crippen LogP contribution < -0.4 is 0 Å². The minimum Gasteiger partial charge on any atom is -0.354 e. The first-order valence-corrected chi connectivity index (χ1v) is 4.04. The summed E-state index contributed by atoms with van der Waals surface area (Å²) >= 11 is 0. The normalized spacial score (nSPS) is 11.5. The Balaban J connectivity index is 2.70. The van der Waals surface area contributed by atoms with E-state index < -0.39 is 0 Å². The maximum Gasteiger partial charge on any atom is 0.186 e. The van der Waals surface area contributed by atoms with Gasteiger partial charge in [0.25, 0.3) is 0 Å². The van der Waals surface area contributed by atoms with Gasteiger partial charge in [-0.25, -0.2) is 4.98 Å². The first kappa shape index (κ1) is 6.65. The number of aromatic amines is 1. The molecule has 4 heteroatoms. The van der Waals surface area contributed by atoms with Crippen LogP contribution in [0.4, 0.5) is 0 Å². The number of nitrogens with one attached hydrogen (secondary N) is 1. The zero-order valence-corrected chi connectivity index (χ0v) is 7.03. The van der Waals surface area contributed by atoms with Crippen molar-refractivity contribution in [2.24, 2.45) is 0 Å². The zero-order valence-electron chi connectivity index (χ0n) is 7.03. The molecule has 3 aromatic rings. The van der Waals surface area contributed by atoms with Gasteiger partial charge in [0, 0.05) is 11.6 Å². The van der Waals surface area contributed by atoms with E-state index in [1.54, 1.807) is 6.20 Å². The molecule has 3 heterocycles. The fourth-order valence-corrected chi connectivity index (χ4v) is 1.60. The maximum absolute atomic E-state index is 5.10. The van der Waals surface area contributed by atoms with Crippen molar-refractivity contribution < 1.29 is 4.52 Å². The molecular weight excluding hydrogens is 166 g/mol. The van der Waals surface area contributed by atoms with Crippen LogP contribution in [0.15, 0.2) is 23.0 Å². The smallest absolute Gasteiger partial charge is 0.186 e. The van der Waals surface area contributed by atoms with Crippen molar-refractivity contribution in [1.29, 1.82) is 0 Å². The van der Waals surface area contributed by atoms with Gasteiger partial charge in [0.05, 0.1) is 17.3 Å². The Morgan fingerprint density at radius 2 is 2.38 bits per heavy atom. The molecule has 0 aliphatic heterocycles. The highest BCUT2D eigenvalue weighted by Crippen LogP contribution is 2.24. The van der Waals surface area contributed by atoms with Gasteiger partial charge < -0.3 is 9.51 Å². The number of aromatic nitrogens is 3. The van der Waals surface area contributed by atoms with E-state index in [9.17, 15) is 0 Å². The van der Waals surface area contributed by atoms with Crippen LogP contribution in [0.3, 0.4) is 0 Å². The van der Waals surface area contributed by atoms with Gasteiger partial charge in [-0.1, -0.05) is 5.16 Å². The van der Waals surface area contributed by atoms with E-state index in [0.717, 1.165) is 27.7 Å². The van der Waals surface area contributed by atoms with Gasteiger partial charge in [0.2, 0.25) is 0 Å². The standard InChI is InChI=1S/C9H7N3O/c1-5-8-6-2-3-10-9(6)11-4-7(8)13-12-5/h2-4H,1H3,(H,10,11). The Labute approximate surface area is 73.6 Å². The third kappa shape index (κ3) is 0.744. The molecule has 0 fully saturated rings. The Morgan fingerprint density at radius 1 is 1.46 bits per heavy atom. The van der Waals surface area contributed by atoms with Crippen LogP contribution >= 0.6 is 0 Å². The average Bonchev–Trinajstić information content (AvgIpc) is 2.70. The summed E-state index contributed by atoms with van der Waals surface area (Å²) in [5.41, 5.74) is 2.52. The molecule has 0 atom stereocenters. The lowest BCUT2D eigenvalue weighted by atomic mass is 10.2. The number of pyridine rings is 1. The summed E-state index contributed by atoms with van der Waals surface area (Å²) in [6, 6.07) is 1.98. The van der Waals surface area contributed by atoms with Crippen molar-refractivity contribution in [2.75, 3.05) is 0 Å². The van der Waals surface area contributed by atoms with E-state index in [0.29, 0.717) is 0 Å². The highest BCUT2D eigenvalue weighted by molar-refractivity contribution is 6.03. The predicted octanol–water partition coefficient (Wildman–Crippen LogP) is 2.01. The van der Waals surface area contributed by atoms with E-state index in [4.69, 9.17) is 4.52 Å². The van der Waals surface area contributed by atoms with E-state index in [-0.39, 0.29) is 0 Å². The molecule has 0 aliphatic rings. The molecule has 0 amide bonds. The number of fused-ring (bicyclic) bond motifs is 3. The lowest BCUT2D eigenvalue weighted by Gasteiger charge is -1.89. The zero-order chi connectivity index (χ0) is 8.84. The highest BCUT2D eigenvalue weighted by Gasteiger charge is 2.09. The van der Waals surface area contributed by atoms with Crippen LogP contribution in [0.2, 0.25) is 0 Å². The van der Waals surface area contributed by atoms with Gasteiger partial charge in [-0.2, -0.15) is 0 Å². The van der Waals surface area contributed by atoms with Crippen molar-refractivity contribution in [3.05, 3.63) is 24.2 Å². The maximum atomic E-state index is 5.10. The van der Waals surface area contributed by atoms with Gasteiger partial charge >= 0.3 is 0 Å². The molecule has 64 valence electrons. The highest BCUT2D eigenvalue weighted by atomic mass is 16.5. The second kappa shape index (κ2) is 2.10. The largest absolute Gasteiger partial charge is 0.354 e. The quantitative estimate of drug-likeness (QED) is 0.565. The third-order valence-corrected chi connectivity index (χ3v) is 2.19. The fourth-order valence-electron chi connectivity index (χ4n) is 1.60. The summed E-state index contributed by atoms with van der Waals surface area (Å²) in [4.78, 5) is 7.24. The van der Waals surface area contributed by atoms with Gasteiger partial charge in [-0.15, -0.1) is 0 Å². The summed E-state index contributed by atoms with van der Waals surface area (Å²) in [5.74, 6) is 0. The van der Waals surface area contributed by atoms with Crippen LogP contribution in [0.25, 0.3) is 22.0 Å². The van der Waals surface area contributed by atoms with Gasteiger partial charge in [0.15, 0.2) is 5.58 Å². The lowest BCUT2D eigenvalue weighted by Crippen LogP contribution is -1.76. The van der Waals surface area contributed by atoms with Crippen molar-refractivity contribution in [3.63, 3.8) is 0 Å². The number of hydrogen-bond acceptors (Lipinski definition) is 3. The molecule has 0 radical (unpaired) electrons. The van der Waals surface area contributed by atoms with E-state index in [1.807, 2.05) is 19.2 Å². The van der Waals surface area contributed by atoms with E-state index >= 15 is 0 Å². The molecular formula is C9H7N3O. The van der Waals surface area contributed by atoms with E-state index in [2.05, 4.69) is 15.1 Å².